The SMILES string of the molecule is CC(C)Oc1ccccc1OC1=CC(=O)N([C@@H](CC2CCCCC2)C(=O)Nc2ccn(CC(C)(C)O)n2)C1. The van der Waals surface area contributed by atoms with Crippen LogP contribution >= 0.6 is 0 Å². The van der Waals surface area contributed by atoms with Gasteiger partial charge in [-0.2, -0.15) is 5.10 Å². The maximum Gasteiger partial charge on any atom is 0.251 e. The number of anilines is 1. The highest BCUT2D eigenvalue weighted by Crippen LogP contribution is 2.33. The van der Waals surface area contributed by atoms with Crippen molar-refractivity contribution in [3.63, 3.8) is 0 Å². The fourth-order valence-corrected chi connectivity index (χ4v) is 5.10. The highest BCUT2D eigenvalue weighted by atomic mass is 16.5. The molecule has 0 unspecified atom stereocenters. The minimum atomic E-state index is -0.931. The Morgan fingerprint density at radius 2 is 1.87 bits per heavy atom. The number of para-hydroxylation sites is 2. The second kappa shape index (κ2) is 12.0. The zero-order chi connectivity index (χ0) is 27.3. The standard InChI is InChI=1S/C29H40N4O5/c1-20(2)37-24-12-8-9-13-25(24)38-22-17-27(34)33(18-22)23(16-21-10-6-5-7-11-21)28(35)30-26-14-15-32(31-26)19-29(3,4)36/h8-9,12-15,17,20-21,23,36H,5-7,10-11,16,18-19H2,1-4H3,(H,30,31,35)/t23-/m0/s1. The lowest BCUT2D eigenvalue weighted by Gasteiger charge is -2.31. The molecule has 0 spiro atoms. The number of nitrogens with zero attached hydrogens (tertiary/aromatic N) is 3. The molecule has 38 heavy (non-hydrogen) atoms. The molecule has 2 amide bonds. The van der Waals surface area contributed by atoms with E-state index in [0.717, 1.165) is 25.7 Å². The van der Waals surface area contributed by atoms with E-state index in [0.29, 0.717) is 42.0 Å². The Labute approximate surface area is 224 Å². The second-order valence-electron chi connectivity index (χ2n) is 11.2. The van der Waals surface area contributed by atoms with Crippen molar-refractivity contribution in [2.24, 2.45) is 5.92 Å². The first-order valence-corrected chi connectivity index (χ1v) is 13.6. The van der Waals surface area contributed by atoms with Crippen molar-refractivity contribution in [1.29, 1.82) is 0 Å². The highest BCUT2D eigenvalue weighted by Gasteiger charge is 2.36. The van der Waals surface area contributed by atoms with Gasteiger partial charge in [0.05, 0.1) is 24.8 Å². The van der Waals surface area contributed by atoms with E-state index in [2.05, 4.69) is 10.4 Å². The van der Waals surface area contributed by atoms with Gasteiger partial charge in [0.15, 0.2) is 17.3 Å². The molecule has 1 saturated carbocycles. The Hall–Kier alpha value is -3.33. The maximum absolute atomic E-state index is 13.6. The third kappa shape index (κ3) is 7.60. The van der Waals surface area contributed by atoms with E-state index in [4.69, 9.17) is 9.47 Å². The van der Waals surface area contributed by atoms with Crippen molar-refractivity contribution >= 4 is 17.6 Å². The number of benzene rings is 1. The van der Waals surface area contributed by atoms with Crippen LogP contribution in [0.4, 0.5) is 5.82 Å². The van der Waals surface area contributed by atoms with E-state index in [1.54, 1.807) is 35.7 Å². The monoisotopic (exact) mass is 524 g/mol. The molecule has 206 valence electrons. The van der Waals surface area contributed by atoms with Crippen molar-refractivity contribution in [2.45, 2.75) is 90.5 Å². The van der Waals surface area contributed by atoms with Gasteiger partial charge >= 0.3 is 0 Å². The average Bonchev–Trinajstić information content (AvgIpc) is 3.43. The number of rotatable bonds is 11. The largest absolute Gasteiger partial charge is 0.487 e. The molecule has 2 N–H and O–H groups in total. The average molecular weight is 525 g/mol. The molecule has 9 nitrogen and oxygen atoms in total. The molecule has 0 saturated heterocycles. The summed E-state index contributed by atoms with van der Waals surface area (Å²) in [6.07, 6.45) is 9.38. The summed E-state index contributed by atoms with van der Waals surface area (Å²) in [5, 5.41) is 17.4. The van der Waals surface area contributed by atoms with Crippen molar-refractivity contribution in [2.75, 3.05) is 11.9 Å². The zero-order valence-electron chi connectivity index (χ0n) is 22.9. The molecule has 2 aromatic rings. The Morgan fingerprint density at radius 1 is 1.16 bits per heavy atom. The van der Waals surface area contributed by atoms with Gasteiger partial charge in [-0.3, -0.25) is 14.3 Å². The zero-order valence-corrected chi connectivity index (χ0v) is 22.9. The third-order valence-electron chi connectivity index (χ3n) is 6.75. The molecule has 9 heteroatoms. The van der Waals surface area contributed by atoms with Gasteiger partial charge in [-0.05, 0) is 52.2 Å². The van der Waals surface area contributed by atoms with Gasteiger partial charge < -0.3 is 24.8 Å². The van der Waals surface area contributed by atoms with E-state index >= 15 is 0 Å². The molecule has 4 rings (SSSR count). The van der Waals surface area contributed by atoms with Crippen LogP contribution in [-0.4, -0.2) is 55.9 Å². The summed E-state index contributed by atoms with van der Waals surface area (Å²) in [6.45, 7) is 7.79. The van der Waals surface area contributed by atoms with Crippen molar-refractivity contribution in [1.82, 2.24) is 14.7 Å². The van der Waals surface area contributed by atoms with Crippen molar-refractivity contribution in [3.8, 4) is 11.5 Å². The molecule has 1 aromatic heterocycles. The Kier molecular flexibility index (Phi) is 8.76. The van der Waals surface area contributed by atoms with Crippen LogP contribution in [0.3, 0.4) is 0 Å². The van der Waals surface area contributed by atoms with Crippen molar-refractivity contribution in [3.05, 3.63) is 48.4 Å². The number of carbonyl (C=O) groups is 2. The van der Waals surface area contributed by atoms with Crippen LogP contribution in [0.2, 0.25) is 0 Å². The van der Waals surface area contributed by atoms with E-state index in [1.807, 2.05) is 38.1 Å². The first-order chi connectivity index (χ1) is 18.1. The minimum Gasteiger partial charge on any atom is -0.487 e. The topological polar surface area (TPSA) is 106 Å². The van der Waals surface area contributed by atoms with Crippen LogP contribution in [0.5, 0.6) is 11.5 Å². The lowest BCUT2D eigenvalue weighted by molar-refractivity contribution is -0.134. The molecule has 2 aliphatic rings. The molecule has 0 radical (unpaired) electrons. The van der Waals surface area contributed by atoms with Gasteiger partial charge in [0, 0.05) is 18.3 Å². The number of aromatic nitrogens is 2. The summed E-state index contributed by atoms with van der Waals surface area (Å²) < 4.78 is 13.5. The maximum atomic E-state index is 13.6. The van der Waals surface area contributed by atoms with Crippen LogP contribution in [0.1, 0.15) is 66.2 Å². The van der Waals surface area contributed by atoms with Crippen molar-refractivity contribution < 1.29 is 24.2 Å². The molecule has 1 aliphatic heterocycles. The van der Waals surface area contributed by atoms with Gasteiger partial charge in [-0.25, -0.2) is 0 Å². The smallest absolute Gasteiger partial charge is 0.251 e. The fraction of sp³-hybridized carbons (Fsp3) is 0.552. The number of hydrogen-bond donors (Lipinski definition) is 2. The highest BCUT2D eigenvalue weighted by molar-refractivity contribution is 5.99. The second-order valence-corrected chi connectivity index (χ2v) is 11.2. The predicted octanol–water partition coefficient (Wildman–Crippen LogP) is 4.52. The Balaban J connectivity index is 1.48. The summed E-state index contributed by atoms with van der Waals surface area (Å²) in [4.78, 5) is 28.3. The number of carbonyl (C=O) groups excluding carboxylic acids is 2. The number of aliphatic hydroxyl groups is 1. The van der Waals surface area contributed by atoms with Gasteiger partial charge in [-0.1, -0.05) is 44.2 Å². The first-order valence-electron chi connectivity index (χ1n) is 13.6. The molecular formula is C29H40N4O5. The van der Waals surface area contributed by atoms with E-state index in [1.165, 1.54) is 12.5 Å². The van der Waals surface area contributed by atoms with Gasteiger partial charge in [-0.15, -0.1) is 0 Å². The van der Waals surface area contributed by atoms with Gasteiger partial charge in [0.1, 0.15) is 11.8 Å². The van der Waals surface area contributed by atoms with Crippen LogP contribution in [0.25, 0.3) is 0 Å². The number of hydrogen-bond acceptors (Lipinski definition) is 6. The predicted molar refractivity (Wildman–Crippen MR) is 145 cm³/mol. The molecule has 0 bridgehead atoms. The lowest BCUT2D eigenvalue weighted by Crippen LogP contribution is -2.46. The molecule has 1 fully saturated rings. The van der Waals surface area contributed by atoms with Crippen LogP contribution < -0.4 is 14.8 Å². The van der Waals surface area contributed by atoms with Crippen LogP contribution in [0, 0.1) is 5.92 Å². The Bertz CT molecular complexity index is 1140. The summed E-state index contributed by atoms with van der Waals surface area (Å²) in [6, 6.07) is 8.42. The van der Waals surface area contributed by atoms with E-state index in [9.17, 15) is 14.7 Å². The number of nitrogens with one attached hydrogen (secondary N) is 1. The summed E-state index contributed by atoms with van der Waals surface area (Å²) >= 11 is 0. The van der Waals surface area contributed by atoms with Gasteiger partial charge in [0.25, 0.3) is 5.91 Å². The molecular weight excluding hydrogens is 484 g/mol. The normalized spacial score (nSPS) is 17.5. The summed E-state index contributed by atoms with van der Waals surface area (Å²) in [5.41, 5.74) is -0.931. The number of amides is 2. The molecule has 1 aliphatic carbocycles. The molecule has 1 aromatic carbocycles. The molecule has 1 atom stereocenters. The lowest BCUT2D eigenvalue weighted by atomic mass is 9.84. The fourth-order valence-electron chi connectivity index (χ4n) is 5.10. The molecule has 2 heterocycles. The van der Waals surface area contributed by atoms with E-state index < -0.39 is 11.6 Å². The minimum absolute atomic E-state index is 0.0223. The Morgan fingerprint density at radius 3 is 2.55 bits per heavy atom. The van der Waals surface area contributed by atoms with Gasteiger partial charge in [0.2, 0.25) is 5.91 Å². The quantitative estimate of drug-likeness (QED) is 0.448. The third-order valence-corrected chi connectivity index (χ3v) is 6.75. The number of ether oxygens (including phenoxy) is 2. The summed E-state index contributed by atoms with van der Waals surface area (Å²) in [7, 11) is 0. The van der Waals surface area contributed by atoms with Crippen LogP contribution in [-0.2, 0) is 16.1 Å². The van der Waals surface area contributed by atoms with E-state index in [-0.39, 0.29) is 24.5 Å². The summed E-state index contributed by atoms with van der Waals surface area (Å²) in [5.74, 6) is 1.88. The first kappa shape index (κ1) is 27.7. The van der Waals surface area contributed by atoms with Crippen LogP contribution in [0.15, 0.2) is 48.4 Å².